The summed E-state index contributed by atoms with van der Waals surface area (Å²) in [6, 6.07) is 0. The summed E-state index contributed by atoms with van der Waals surface area (Å²) >= 11 is 0. The highest BCUT2D eigenvalue weighted by atomic mass is 16.7. The number of unbranched alkanes of at least 4 members (excludes halogenated alkanes) is 1. The quantitative estimate of drug-likeness (QED) is 0.152. The van der Waals surface area contributed by atoms with E-state index in [1.165, 1.54) is 25.7 Å². The average molecular weight is 533 g/mol. The monoisotopic (exact) mass is 532 g/mol. The molecule has 0 aromatic carbocycles. The molecule has 0 radical (unpaired) electrons. The predicted molar refractivity (Wildman–Crippen MR) is 149 cm³/mol. The fraction of sp³-hybridized carbons (Fsp3) is 0.812. The topological polar surface area (TPSA) is 71.1 Å². The van der Waals surface area contributed by atoms with Crippen LogP contribution < -0.4 is 0 Å². The molecule has 1 aliphatic carbocycles. The lowest BCUT2D eigenvalue weighted by Crippen LogP contribution is -2.37. The molecule has 0 aromatic heterocycles. The molecule has 3 fully saturated rings. The van der Waals surface area contributed by atoms with Gasteiger partial charge in [-0.05, 0) is 82.5 Å². The Hall–Kier alpha value is -1.50. The van der Waals surface area contributed by atoms with Gasteiger partial charge in [0.1, 0.15) is 5.78 Å². The van der Waals surface area contributed by atoms with E-state index in [-0.39, 0.29) is 18.2 Å². The lowest BCUT2D eigenvalue weighted by atomic mass is 9.91. The van der Waals surface area contributed by atoms with E-state index in [4.69, 9.17) is 18.9 Å². The van der Waals surface area contributed by atoms with E-state index in [9.17, 15) is 9.59 Å². The Kier molecular flexibility index (Phi) is 14.7. The number of hydrogen-bond donors (Lipinski definition) is 0. The maximum absolute atomic E-state index is 12.9. The number of ether oxygens (including phenoxy) is 4. The minimum absolute atomic E-state index is 0.0515. The summed E-state index contributed by atoms with van der Waals surface area (Å²) in [5.41, 5.74) is 0. The summed E-state index contributed by atoms with van der Waals surface area (Å²) < 4.78 is 23.0. The molecule has 6 nitrogen and oxygen atoms in total. The zero-order valence-corrected chi connectivity index (χ0v) is 24.0. The molecule has 4 unspecified atom stereocenters. The highest BCUT2D eigenvalue weighted by Crippen LogP contribution is 2.33. The summed E-state index contributed by atoms with van der Waals surface area (Å²) in [6.45, 7) is 5.88. The Morgan fingerprint density at radius 3 is 2.39 bits per heavy atom. The highest BCUT2D eigenvalue weighted by molar-refractivity contribution is 5.85. The molecule has 2 saturated heterocycles. The van der Waals surface area contributed by atoms with E-state index in [1.54, 1.807) is 0 Å². The second-order valence-corrected chi connectivity index (χ2v) is 11.5. The van der Waals surface area contributed by atoms with Crippen LogP contribution >= 0.6 is 0 Å². The van der Waals surface area contributed by atoms with Gasteiger partial charge in [0.15, 0.2) is 12.4 Å². The van der Waals surface area contributed by atoms with E-state index < -0.39 is 12.4 Å². The molecule has 38 heavy (non-hydrogen) atoms. The minimum Gasteiger partial charge on any atom is -0.434 e. The smallest absolute Gasteiger partial charge is 0.337 e. The van der Waals surface area contributed by atoms with Crippen molar-refractivity contribution < 1.29 is 28.5 Å². The Labute approximate surface area is 230 Å². The van der Waals surface area contributed by atoms with Crippen LogP contribution in [0, 0.1) is 17.8 Å². The summed E-state index contributed by atoms with van der Waals surface area (Å²) in [5.74, 6) is 1.21. The van der Waals surface area contributed by atoms with Crippen LogP contribution in [0.3, 0.4) is 0 Å². The van der Waals surface area contributed by atoms with E-state index >= 15 is 0 Å². The van der Waals surface area contributed by atoms with Crippen molar-refractivity contribution in [1.29, 1.82) is 0 Å². The third-order valence-corrected chi connectivity index (χ3v) is 8.16. The summed E-state index contributed by atoms with van der Waals surface area (Å²) in [6.07, 6.45) is 22.8. The van der Waals surface area contributed by atoms with Crippen LogP contribution in [0.4, 0.5) is 0 Å². The SMILES string of the molecule is CCCCC(C)CCC=C[C@H]1C(=O)CC[C@@H]1CC=CCCC(OC1CCCCO1)C(=O)OC1CCCCO1. The zero-order valence-electron chi connectivity index (χ0n) is 24.0. The average Bonchev–Trinajstić information content (AvgIpc) is 3.28. The molecule has 0 aromatic rings. The van der Waals surface area contributed by atoms with Gasteiger partial charge in [-0.2, -0.15) is 0 Å². The third-order valence-electron chi connectivity index (χ3n) is 8.16. The van der Waals surface area contributed by atoms with Gasteiger partial charge in [0.25, 0.3) is 0 Å². The van der Waals surface area contributed by atoms with Crippen LogP contribution in [0.15, 0.2) is 24.3 Å². The van der Waals surface area contributed by atoms with Gasteiger partial charge >= 0.3 is 5.97 Å². The van der Waals surface area contributed by atoms with Gasteiger partial charge in [-0.1, -0.05) is 57.4 Å². The van der Waals surface area contributed by atoms with Crippen LogP contribution in [0.5, 0.6) is 0 Å². The zero-order chi connectivity index (χ0) is 27.0. The molecule has 0 spiro atoms. The van der Waals surface area contributed by atoms with Gasteiger partial charge in [-0.15, -0.1) is 0 Å². The first kappa shape index (κ1) is 31.0. The Morgan fingerprint density at radius 1 is 0.947 bits per heavy atom. The summed E-state index contributed by atoms with van der Waals surface area (Å²) in [7, 11) is 0. The number of allylic oxidation sites excluding steroid dienone is 4. The van der Waals surface area contributed by atoms with Crippen molar-refractivity contribution in [3.05, 3.63) is 24.3 Å². The van der Waals surface area contributed by atoms with Crippen LogP contribution in [-0.2, 0) is 28.5 Å². The molecular formula is C32H52O6. The third kappa shape index (κ3) is 11.3. The number of Topliss-reactive ketones (excluding diaryl/α,β-unsaturated/α-hetero) is 1. The minimum atomic E-state index is -0.656. The van der Waals surface area contributed by atoms with Gasteiger partial charge in [-0.25, -0.2) is 4.79 Å². The molecule has 2 aliphatic heterocycles. The van der Waals surface area contributed by atoms with Gasteiger partial charge in [0.05, 0.1) is 6.61 Å². The number of carbonyl (C=O) groups is 2. The van der Waals surface area contributed by atoms with Crippen molar-refractivity contribution in [2.75, 3.05) is 13.2 Å². The first-order valence-electron chi connectivity index (χ1n) is 15.5. The van der Waals surface area contributed by atoms with E-state index in [2.05, 4.69) is 38.2 Å². The van der Waals surface area contributed by atoms with Crippen LogP contribution in [0.1, 0.15) is 117 Å². The standard InChI is InChI=1S/C32H52O6/c1-3-4-14-25(2)15-8-9-17-27-26(21-22-28(27)33)16-6-5-7-18-29(37-30-19-10-12-23-35-30)32(34)38-31-20-11-13-24-36-31/h5-6,9,17,25-27,29-31H,3-4,7-8,10-16,18-24H2,1-2H3/t25?,26-,27+,29?,30?,31?/m0/s1. The lowest BCUT2D eigenvalue weighted by molar-refractivity contribution is -0.223. The predicted octanol–water partition coefficient (Wildman–Crippen LogP) is 7.45. The molecule has 2 heterocycles. The highest BCUT2D eigenvalue weighted by Gasteiger charge is 2.32. The van der Waals surface area contributed by atoms with Gasteiger partial charge in [-0.3, -0.25) is 4.79 Å². The molecular weight excluding hydrogens is 480 g/mol. The van der Waals surface area contributed by atoms with Crippen LogP contribution in [-0.4, -0.2) is 43.7 Å². The fourth-order valence-corrected chi connectivity index (χ4v) is 5.68. The second kappa shape index (κ2) is 18.0. The van der Waals surface area contributed by atoms with Crippen molar-refractivity contribution in [2.24, 2.45) is 17.8 Å². The van der Waals surface area contributed by atoms with E-state index in [1.807, 2.05) is 0 Å². The summed E-state index contributed by atoms with van der Waals surface area (Å²) in [5, 5.41) is 0. The van der Waals surface area contributed by atoms with E-state index in [0.717, 1.165) is 70.1 Å². The van der Waals surface area contributed by atoms with Gasteiger partial charge in [0.2, 0.25) is 6.29 Å². The van der Waals surface area contributed by atoms with Crippen molar-refractivity contribution in [3.8, 4) is 0 Å². The first-order chi connectivity index (χ1) is 18.6. The normalized spacial score (nSPS) is 28.2. The number of rotatable bonds is 16. The number of ketones is 1. The van der Waals surface area contributed by atoms with Crippen molar-refractivity contribution in [3.63, 3.8) is 0 Å². The number of carbonyl (C=O) groups excluding carboxylic acids is 2. The molecule has 1 saturated carbocycles. The Bertz CT molecular complexity index is 734. The van der Waals surface area contributed by atoms with Crippen molar-refractivity contribution >= 4 is 11.8 Å². The van der Waals surface area contributed by atoms with Crippen LogP contribution in [0.25, 0.3) is 0 Å². The molecule has 0 N–H and O–H groups in total. The number of hydrogen-bond acceptors (Lipinski definition) is 6. The Balaban J connectivity index is 1.43. The fourth-order valence-electron chi connectivity index (χ4n) is 5.68. The molecule has 216 valence electrons. The summed E-state index contributed by atoms with van der Waals surface area (Å²) in [4.78, 5) is 25.4. The molecule has 0 bridgehead atoms. The number of esters is 1. The van der Waals surface area contributed by atoms with Crippen molar-refractivity contribution in [1.82, 2.24) is 0 Å². The van der Waals surface area contributed by atoms with Crippen LogP contribution in [0.2, 0.25) is 0 Å². The van der Waals surface area contributed by atoms with Crippen molar-refractivity contribution in [2.45, 2.75) is 135 Å². The lowest BCUT2D eigenvalue weighted by Gasteiger charge is -2.28. The molecule has 3 aliphatic rings. The molecule has 3 rings (SSSR count). The van der Waals surface area contributed by atoms with Gasteiger partial charge < -0.3 is 18.9 Å². The van der Waals surface area contributed by atoms with Gasteiger partial charge in [0, 0.05) is 25.4 Å². The second-order valence-electron chi connectivity index (χ2n) is 11.5. The largest absolute Gasteiger partial charge is 0.434 e. The molecule has 0 amide bonds. The maximum atomic E-state index is 12.9. The molecule has 6 heteroatoms. The van der Waals surface area contributed by atoms with E-state index in [0.29, 0.717) is 37.8 Å². The first-order valence-corrected chi connectivity index (χ1v) is 15.5. The molecule has 6 atom stereocenters. The Morgan fingerprint density at radius 2 is 1.68 bits per heavy atom. The maximum Gasteiger partial charge on any atom is 0.337 e.